The molecule has 0 saturated carbocycles. The number of likely N-dealkylation sites (tertiary alicyclic amines) is 1. The van der Waals surface area contributed by atoms with Crippen LogP contribution in [0.15, 0.2) is 0 Å². The molecule has 0 spiro atoms. The van der Waals surface area contributed by atoms with E-state index in [1.54, 1.807) is 0 Å². The minimum absolute atomic E-state index is 0.0111. The van der Waals surface area contributed by atoms with Gasteiger partial charge in [-0.25, -0.2) is 0 Å². The van der Waals surface area contributed by atoms with Crippen molar-refractivity contribution in [3.63, 3.8) is 0 Å². The van der Waals surface area contributed by atoms with Gasteiger partial charge in [0.2, 0.25) is 5.78 Å². The van der Waals surface area contributed by atoms with Crippen LogP contribution in [-0.4, -0.2) is 47.6 Å². The molecule has 1 N–H and O–H groups in total. The fourth-order valence-corrected chi connectivity index (χ4v) is 1.47. The second kappa shape index (κ2) is 4.18. The van der Waals surface area contributed by atoms with Crippen molar-refractivity contribution in [3.05, 3.63) is 0 Å². The van der Waals surface area contributed by atoms with Crippen LogP contribution in [0.3, 0.4) is 0 Å². The molecule has 0 aromatic rings. The summed E-state index contributed by atoms with van der Waals surface area (Å²) in [6.45, 7) is -0.511. The molecule has 86 valence electrons. The summed E-state index contributed by atoms with van der Waals surface area (Å²) >= 11 is 0. The van der Waals surface area contributed by atoms with Crippen LogP contribution in [0.25, 0.3) is 0 Å². The van der Waals surface area contributed by atoms with E-state index < -0.39 is 30.4 Å². The summed E-state index contributed by atoms with van der Waals surface area (Å²) in [5.41, 5.74) is 0. The zero-order valence-electron chi connectivity index (χ0n) is 7.75. The van der Waals surface area contributed by atoms with Crippen LogP contribution >= 0.6 is 0 Å². The Hall–Kier alpha value is -1.11. The van der Waals surface area contributed by atoms with Gasteiger partial charge in [0.1, 0.15) is 0 Å². The van der Waals surface area contributed by atoms with E-state index in [0.29, 0.717) is 6.42 Å². The Bertz CT molecular complexity index is 277. The van der Waals surface area contributed by atoms with Crippen LogP contribution in [0.4, 0.5) is 13.2 Å². The number of carboxylic acids is 1. The molecule has 7 heteroatoms. The number of carboxylic acid groups (broad SMARTS) is 1. The van der Waals surface area contributed by atoms with E-state index in [9.17, 15) is 22.8 Å². The first-order valence-corrected chi connectivity index (χ1v) is 4.36. The first-order chi connectivity index (χ1) is 6.80. The largest absolute Gasteiger partial charge is 0.481 e. The van der Waals surface area contributed by atoms with Crippen molar-refractivity contribution >= 4 is 11.8 Å². The Morgan fingerprint density at radius 3 is 2.40 bits per heavy atom. The molecule has 1 fully saturated rings. The molecule has 1 aliphatic rings. The molecule has 0 unspecified atom stereocenters. The Balaban J connectivity index is 2.43. The van der Waals surface area contributed by atoms with Crippen molar-refractivity contribution in [1.29, 1.82) is 0 Å². The van der Waals surface area contributed by atoms with Crippen molar-refractivity contribution in [2.24, 2.45) is 5.92 Å². The first-order valence-electron chi connectivity index (χ1n) is 4.36. The van der Waals surface area contributed by atoms with Crippen LogP contribution in [0, 0.1) is 5.92 Å². The molecule has 1 heterocycles. The van der Waals surface area contributed by atoms with Crippen LogP contribution < -0.4 is 0 Å². The third-order valence-corrected chi connectivity index (χ3v) is 2.31. The normalized spacial score (nSPS) is 23.0. The predicted molar refractivity (Wildman–Crippen MR) is 43.2 cm³/mol. The average molecular weight is 225 g/mol. The van der Waals surface area contributed by atoms with Crippen molar-refractivity contribution in [3.8, 4) is 0 Å². The van der Waals surface area contributed by atoms with E-state index in [0.717, 1.165) is 0 Å². The second-order valence-corrected chi connectivity index (χ2v) is 3.48. The number of nitrogens with zero attached hydrogens (tertiary/aromatic N) is 1. The standard InChI is InChI=1S/C8H10F3NO3/c9-8(10,11)6(13)4-12-2-1-5(3-12)7(14)15/h5H,1-4H2,(H,14,15)/t5-/m1/s1. The van der Waals surface area contributed by atoms with Gasteiger partial charge >= 0.3 is 12.1 Å². The molecular weight excluding hydrogens is 215 g/mol. The average Bonchev–Trinajstić information content (AvgIpc) is 2.50. The monoisotopic (exact) mass is 225 g/mol. The zero-order chi connectivity index (χ0) is 11.6. The van der Waals surface area contributed by atoms with Crippen LogP contribution in [-0.2, 0) is 9.59 Å². The summed E-state index contributed by atoms with van der Waals surface area (Å²) in [6.07, 6.45) is -4.54. The van der Waals surface area contributed by atoms with Gasteiger partial charge in [-0.2, -0.15) is 13.2 Å². The van der Waals surface area contributed by atoms with Gasteiger partial charge in [-0.1, -0.05) is 0 Å². The number of rotatable bonds is 3. The maximum atomic E-state index is 11.9. The molecule has 0 aromatic heterocycles. The number of halogens is 3. The summed E-state index contributed by atoms with van der Waals surface area (Å²) in [4.78, 5) is 22.3. The van der Waals surface area contributed by atoms with Crippen molar-refractivity contribution in [1.82, 2.24) is 4.90 Å². The fourth-order valence-electron chi connectivity index (χ4n) is 1.47. The van der Waals surface area contributed by atoms with Crippen LogP contribution in [0.1, 0.15) is 6.42 Å². The molecule has 0 aromatic carbocycles. The van der Waals surface area contributed by atoms with E-state index in [4.69, 9.17) is 5.11 Å². The van der Waals surface area contributed by atoms with E-state index in [-0.39, 0.29) is 13.1 Å². The van der Waals surface area contributed by atoms with Gasteiger partial charge in [-0.3, -0.25) is 14.5 Å². The van der Waals surface area contributed by atoms with Gasteiger partial charge < -0.3 is 5.11 Å². The van der Waals surface area contributed by atoms with E-state index in [1.165, 1.54) is 4.90 Å². The first kappa shape index (κ1) is 12.0. The number of Topliss-reactive ketones (excluding diaryl/α,β-unsaturated/α-hetero) is 1. The Labute approximate surface area is 83.7 Å². The second-order valence-electron chi connectivity index (χ2n) is 3.48. The number of hydrogen-bond donors (Lipinski definition) is 1. The number of aliphatic carboxylic acids is 1. The fraction of sp³-hybridized carbons (Fsp3) is 0.750. The summed E-state index contributed by atoms with van der Waals surface area (Å²) in [5.74, 6) is -3.52. The minimum Gasteiger partial charge on any atom is -0.481 e. The molecule has 0 aliphatic carbocycles. The lowest BCUT2D eigenvalue weighted by atomic mass is 10.1. The summed E-state index contributed by atoms with van der Waals surface area (Å²) in [7, 11) is 0. The van der Waals surface area contributed by atoms with Gasteiger partial charge in [-0.05, 0) is 13.0 Å². The Morgan fingerprint density at radius 1 is 1.40 bits per heavy atom. The molecular formula is C8H10F3NO3. The van der Waals surface area contributed by atoms with Gasteiger partial charge in [0.05, 0.1) is 12.5 Å². The molecule has 0 amide bonds. The van der Waals surface area contributed by atoms with Crippen LogP contribution in [0.2, 0.25) is 0 Å². The zero-order valence-corrected chi connectivity index (χ0v) is 7.75. The van der Waals surface area contributed by atoms with Gasteiger partial charge in [-0.15, -0.1) is 0 Å². The smallest absolute Gasteiger partial charge is 0.451 e. The van der Waals surface area contributed by atoms with E-state index >= 15 is 0 Å². The lowest BCUT2D eigenvalue weighted by Crippen LogP contribution is -2.36. The van der Waals surface area contributed by atoms with Crippen molar-refractivity contribution in [2.75, 3.05) is 19.6 Å². The topological polar surface area (TPSA) is 57.6 Å². The highest BCUT2D eigenvalue weighted by Gasteiger charge is 2.40. The molecule has 0 radical (unpaired) electrons. The highest BCUT2D eigenvalue weighted by molar-refractivity contribution is 5.86. The molecule has 1 atom stereocenters. The van der Waals surface area contributed by atoms with Crippen molar-refractivity contribution < 1.29 is 27.9 Å². The maximum absolute atomic E-state index is 11.9. The summed E-state index contributed by atoms with van der Waals surface area (Å²) in [5, 5.41) is 8.59. The van der Waals surface area contributed by atoms with Crippen molar-refractivity contribution in [2.45, 2.75) is 12.6 Å². The number of carbonyl (C=O) groups is 2. The number of alkyl halides is 3. The lowest BCUT2D eigenvalue weighted by molar-refractivity contribution is -0.172. The highest BCUT2D eigenvalue weighted by atomic mass is 19.4. The van der Waals surface area contributed by atoms with Crippen LogP contribution in [0.5, 0.6) is 0 Å². The Kier molecular flexibility index (Phi) is 3.33. The number of ketones is 1. The number of carbonyl (C=O) groups excluding carboxylic acids is 1. The predicted octanol–water partition coefficient (Wildman–Crippen LogP) is 0.524. The molecule has 4 nitrogen and oxygen atoms in total. The van der Waals surface area contributed by atoms with Gasteiger partial charge in [0, 0.05) is 6.54 Å². The van der Waals surface area contributed by atoms with Gasteiger partial charge in [0.25, 0.3) is 0 Å². The highest BCUT2D eigenvalue weighted by Crippen LogP contribution is 2.20. The van der Waals surface area contributed by atoms with Gasteiger partial charge in [0.15, 0.2) is 0 Å². The SMILES string of the molecule is O=C(O)[C@@H]1CCN(CC(=O)C(F)(F)F)C1. The lowest BCUT2D eigenvalue weighted by Gasteiger charge is -2.14. The maximum Gasteiger partial charge on any atom is 0.451 e. The molecule has 1 aliphatic heterocycles. The Morgan fingerprint density at radius 2 is 2.00 bits per heavy atom. The number of hydrogen-bond acceptors (Lipinski definition) is 3. The quantitative estimate of drug-likeness (QED) is 0.760. The third kappa shape index (κ3) is 3.19. The minimum atomic E-state index is -4.83. The molecule has 0 bridgehead atoms. The molecule has 1 saturated heterocycles. The molecule has 15 heavy (non-hydrogen) atoms. The molecule has 1 rings (SSSR count). The summed E-state index contributed by atoms with van der Waals surface area (Å²) in [6, 6.07) is 0. The summed E-state index contributed by atoms with van der Waals surface area (Å²) < 4.78 is 35.6. The van der Waals surface area contributed by atoms with E-state index in [1.807, 2.05) is 0 Å². The third-order valence-electron chi connectivity index (χ3n) is 2.31. The van der Waals surface area contributed by atoms with E-state index in [2.05, 4.69) is 0 Å².